The average molecular weight is 396 g/mol. The van der Waals surface area contributed by atoms with Crippen LogP contribution in [0.2, 0.25) is 18.1 Å². The molecule has 2 N–H and O–H groups in total. The summed E-state index contributed by atoms with van der Waals surface area (Å²) in [6.07, 6.45) is -1.25. The highest BCUT2D eigenvalue weighted by Crippen LogP contribution is 2.39. The van der Waals surface area contributed by atoms with E-state index in [2.05, 4.69) is 33.9 Å². The zero-order valence-corrected chi connectivity index (χ0v) is 18.1. The molecule has 2 rings (SSSR count). The Morgan fingerprint density at radius 2 is 1.85 bits per heavy atom. The van der Waals surface area contributed by atoms with Crippen molar-refractivity contribution in [3.05, 3.63) is 35.9 Å². The fourth-order valence-corrected chi connectivity index (χ4v) is 3.76. The van der Waals surface area contributed by atoms with E-state index >= 15 is 0 Å². The van der Waals surface area contributed by atoms with Crippen molar-refractivity contribution < 1.29 is 24.2 Å². The maximum absolute atomic E-state index is 12.2. The molecule has 1 aliphatic heterocycles. The first-order valence-electron chi connectivity index (χ1n) is 9.39. The normalized spacial score (nSPS) is 18.0. The molecule has 152 valence electrons. The highest BCUT2D eigenvalue weighted by atomic mass is 28.4. The highest BCUT2D eigenvalue weighted by Gasteiger charge is 2.51. The van der Waals surface area contributed by atoms with Gasteiger partial charge in [0.05, 0.1) is 24.7 Å². The number of amides is 1. The number of rotatable bonds is 7. The van der Waals surface area contributed by atoms with Gasteiger partial charge in [0.25, 0.3) is 0 Å². The number of benzene rings is 1. The molecule has 6 nitrogen and oxygen atoms in total. The van der Waals surface area contributed by atoms with Crippen LogP contribution in [0.25, 0.3) is 0 Å². The van der Waals surface area contributed by atoms with Crippen molar-refractivity contribution in [2.24, 2.45) is 5.41 Å². The van der Waals surface area contributed by atoms with E-state index in [4.69, 9.17) is 9.16 Å². The number of likely N-dealkylation sites (tertiary alicyclic amines) is 1. The Morgan fingerprint density at radius 1 is 1.26 bits per heavy atom. The Bertz CT molecular complexity index is 623. The summed E-state index contributed by atoms with van der Waals surface area (Å²) in [7, 11) is -1.98. The molecule has 0 aromatic heterocycles. The first-order chi connectivity index (χ1) is 12.5. The molecule has 0 aliphatic carbocycles. The predicted octanol–water partition coefficient (Wildman–Crippen LogP) is 3.00. The van der Waals surface area contributed by atoms with Gasteiger partial charge in [-0.15, -0.1) is 0 Å². The second kappa shape index (κ2) is 8.30. The monoisotopic (exact) mass is 395 g/mol. The maximum atomic E-state index is 12.2. The van der Waals surface area contributed by atoms with Crippen molar-refractivity contribution in [1.82, 2.24) is 4.90 Å². The molecule has 1 unspecified atom stereocenters. The molecule has 1 aliphatic rings. The third-order valence-electron chi connectivity index (χ3n) is 5.90. The molecule has 0 saturated carbocycles. The van der Waals surface area contributed by atoms with Crippen LogP contribution < -0.4 is 0 Å². The lowest BCUT2D eigenvalue weighted by Crippen LogP contribution is -2.66. The lowest BCUT2D eigenvalue weighted by Gasteiger charge is -2.51. The molecule has 7 heteroatoms. The van der Waals surface area contributed by atoms with Crippen LogP contribution >= 0.6 is 0 Å². The molecule has 0 radical (unpaired) electrons. The minimum atomic E-state index is -1.98. The predicted molar refractivity (Wildman–Crippen MR) is 107 cm³/mol. The fraction of sp³-hybridized carbons (Fsp3) is 0.650. The van der Waals surface area contributed by atoms with E-state index in [1.165, 1.54) is 4.90 Å². The van der Waals surface area contributed by atoms with Gasteiger partial charge in [0.15, 0.2) is 8.32 Å². The van der Waals surface area contributed by atoms with Crippen molar-refractivity contribution in [2.75, 3.05) is 26.3 Å². The second-order valence-electron chi connectivity index (χ2n) is 9.00. The summed E-state index contributed by atoms with van der Waals surface area (Å²) < 4.78 is 11.4. The van der Waals surface area contributed by atoms with Crippen LogP contribution in [0, 0.1) is 5.41 Å². The van der Waals surface area contributed by atoms with Gasteiger partial charge in [0, 0.05) is 13.1 Å². The fourth-order valence-electron chi connectivity index (χ4n) is 2.75. The zero-order chi connectivity index (χ0) is 20.3. The number of ether oxygens (including phenoxy) is 1. The van der Waals surface area contributed by atoms with Gasteiger partial charge < -0.3 is 24.3 Å². The molecule has 0 spiro atoms. The molecule has 1 aromatic carbocycles. The number of hydrogen-bond donors (Lipinski definition) is 2. The molecule has 27 heavy (non-hydrogen) atoms. The van der Waals surface area contributed by atoms with Gasteiger partial charge in [-0.2, -0.15) is 0 Å². The number of nitrogens with zero attached hydrogens (tertiary/aromatic N) is 1. The summed E-state index contributed by atoms with van der Waals surface area (Å²) in [5, 5.41) is 20.5. The van der Waals surface area contributed by atoms with E-state index < -0.39 is 25.9 Å². The minimum Gasteiger partial charge on any atom is -0.445 e. The van der Waals surface area contributed by atoms with E-state index in [1.807, 2.05) is 30.3 Å². The lowest BCUT2D eigenvalue weighted by atomic mass is 9.76. The molecular weight excluding hydrogens is 362 g/mol. The summed E-state index contributed by atoms with van der Waals surface area (Å²) in [4.78, 5) is 13.7. The number of hydrogen-bond acceptors (Lipinski definition) is 5. The van der Waals surface area contributed by atoms with Crippen molar-refractivity contribution in [3.8, 4) is 0 Å². The minimum absolute atomic E-state index is 0.0476. The van der Waals surface area contributed by atoms with Crippen LogP contribution in [0.4, 0.5) is 4.79 Å². The van der Waals surface area contributed by atoms with Gasteiger partial charge in [0.1, 0.15) is 6.61 Å². The van der Waals surface area contributed by atoms with Gasteiger partial charge in [-0.1, -0.05) is 51.1 Å². The number of aliphatic hydroxyl groups excluding tert-OH is 2. The molecule has 1 aromatic rings. The molecule has 1 fully saturated rings. The van der Waals surface area contributed by atoms with E-state index in [-0.39, 0.29) is 37.9 Å². The first kappa shape index (κ1) is 21.9. The van der Waals surface area contributed by atoms with Gasteiger partial charge in [-0.25, -0.2) is 4.79 Å². The van der Waals surface area contributed by atoms with Gasteiger partial charge in [-0.3, -0.25) is 0 Å². The van der Waals surface area contributed by atoms with Gasteiger partial charge >= 0.3 is 6.09 Å². The van der Waals surface area contributed by atoms with E-state index in [0.717, 1.165) is 5.56 Å². The van der Waals surface area contributed by atoms with Crippen molar-refractivity contribution in [2.45, 2.75) is 51.6 Å². The van der Waals surface area contributed by atoms with E-state index in [1.54, 1.807) is 0 Å². The van der Waals surface area contributed by atoms with Crippen LogP contribution in [-0.4, -0.2) is 61.9 Å². The topological polar surface area (TPSA) is 79.2 Å². The summed E-state index contributed by atoms with van der Waals surface area (Å²) in [6, 6.07) is 9.47. The smallest absolute Gasteiger partial charge is 0.410 e. The Labute approximate surface area is 163 Å². The van der Waals surface area contributed by atoms with Crippen molar-refractivity contribution in [1.29, 1.82) is 0 Å². The Morgan fingerprint density at radius 3 is 2.37 bits per heavy atom. The number of aliphatic hydroxyl groups is 2. The molecule has 1 atom stereocenters. The maximum Gasteiger partial charge on any atom is 0.410 e. The van der Waals surface area contributed by atoms with Crippen LogP contribution in [0.3, 0.4) is 0 Å². The molecular formula is C20H33NO5Si. The Hall–Kier alpha value is -1.41. The van der Waals surface area contributed by atoms with Crippen molar-refractivity contribution >= 4 is 14.4 Å². The van der Waals surface area contributed by atoms with E-state index in [9.17, 15) is 15.0 Å². The van der Waals surface area contributed by atoms with Crippen LogP contribution in [0.1, 0.15) is 26.3 Å². The SMILES string of the molecule is CC(C)(C)[Si](C)(C)OCC(O)C1(CO)CN(C(=O)OCc2ccccc2)C1. The summed E-state index contributed by atoms with van der Waals surface area (Å²) in [6.45, 7) is 11.4. The van der Waals surface area contributed by atoms with Crippen LogP contribution in [0.15, 0.2) is 30.3 Å². The van der Waals surface area contributed by atoms with Gasteiger partial charge in [-0.05, 0) is 23.7 Å². The largest absolute Gasteiger partial charge is 0.445 e. The Balaban J connectivity index is 1.84. The number of carbonyl (C=O) groups is 1. The van der Waals surface area contributed by atoms with E-state index in [0.29, 0.717) is 0 Å². The number of carbonyl (C=O) groups excluding carboxylic acids is 1. The first-order valence-corrected chi connectivity index (χ1v) is 12.3. The quantitative estimate of drug-likeness (QED) is 0.694. The highest BCUT2D eigenvalue weighted by molar-refractivity contribution is 6.74. The standard InChI is InChI=1S/C20H33NO5Si/c1-19(2,3)27(4,5)26-12-17(23)20(15-22)13-21(14-20)18(24)25-11-16-9-7-6-8-10-16/h6-10,17,22-23H,11-15H2,1-5H3. The average Bonchev–Trinajstić information content (AvgIpc) is 2.57. The molecule has 1 saturated heterocycles. The van der Waals surface area contributed by atoms with Crippen molar-refractivity contribution in [3.63, 3.8) is 0 Å². The summed E-state index contributed by atoms with van der Waals surface area (Å²) in [5.74, 6) is 0. The van der Waals surface area contributed by atoms with Crippen LogP contribution in [0.5, 0.6) is 0 Å². The third-order valence-corrected chi connectivity index (χ3v) is 10.4. The second-order valence-corrected chi connectivity index (χ2v) is 13.8. The lowest BCUT2D eigenvalue weighted by molar-refractivity contribution is -0.123. The molecule has 1 heterocycles. The molecule has 1 amide bonds. The van der Waals surface area contributed by atoms with Crippen LogP contribution in [-0.2, 0) is 15.8 Å². The summed E-state index contributed by atoms with van der Waals surface area (Å²) in [5.41, 5.74) is 0.177. The zero-order valence-electron chi connectivity index (χ0n) is 17.1. The Kier molecular flexibility index (Phi) is 6.73. The van der Waals surface area contributed by atoms with Gasteiger partial charge in [0.2, 0.25) is 0 Å². The summed E-state index contributed by atoms with van der Waals surface area (Å²) >= 11 is 0. The third kappa shape index (κ3) is 5.10. The molecule has 0 bridgehead atoms.